The topological polar surface area (TPSA) is 342 Å². The molecule has 0 amide bonds. The van der Waals surface area contributed by atoms with Gasteiger partial charge in [-0.25, -0.2) is 0 Å². The van der Waals surface area contributed by atoms with Gasteiger partial charge in [-0.1, -0.05) is 0 Å². The molecule has 17 heteroatoms. The first-order valence-electron chi connectivity index (χ1n) is 0. The van der Waals surface area contributed by atoms with Gasteiger partial charge >= 0.3 is 34.1 Å². The van der Waals surface area contributed by atoms with Crippen molar-refractivity contribution in [1.82, 2.24) is 0 Å². The summed E-state index contributed by atoms with van der Waals surface area (Å²) in [5.41, 5.74) is 0. The van der Waals surface area contributed by atoms with E-state index in [1.165, 1.54) is 0 Å². The average Bonchev–Trinajstić information content (AvgIpc) is 0. The van der Waals surface area contributed by atoms with Gasteiger partial charge in [0.25, 0.3) is 0 Å². The van der Waals surface area contributed by atoms with Gasteiger partial charge in [-0.3, -0.25) is 0 Å². The SMILES string of the molecule is [Fe+3].[Fe+3].[Mo].[Mo].[Mo].[O-2].[O-2].[O-2].[O-2].[O-2].[O-2].[O-2].[O-2].[O-2].[O-2].[O-2].[O-2]. The van der Waals surface area contributed by atoms with Crippen LogP contribution in [0.1, 0.15) is 0 Å². The van der Waals surface area contributed by atoms with E-state index in [9.17, 15) is 0 Å². The molecule has 0 atom stereocenters. The molecular weight excluding hydrogens is 591 g/mol. The van der Waals surface area contributed by atoms with Crippen LogP contribution in [0.3, 0.4) is 0 Å². The molecule has 12 nitrogen and oxygen atoms in total. The van der Waals surface area contributed by atoms with Crippen LogP contribution in [-0.4, -0.2) is 0 Å². The van der Waals surface area contributed by atoms with Crippen LogP contribution in [0.5, 0.6) is 0 Å². The Hall–Kier alpha value is 2.62. The first kappa shape index (κ1) is 989. The van der Waals surface area contributed by atoms with E-state index in [1.54, 1.807) is 0 Å². The van der Waals surface area contributed by atoms with Crippen molar-refractivity contribution in [2.45, 2.75) is 0 Å². The fourth-order valence-corrected chi connectivity index (χ4v) is 0. The summed E-state index contributed by atoms with van der Waals surface area (Å²) in [4.78, 5) is 0. The Morgan fingerprint density at radius 2 is 0.176 bits per heavy atom. The molecule has 0 aliphatic carbocycles. The molecule has 0 aromatic heterocycles. The Morgan fingerprint density at radius 3 is 0.176 bits per heavy atom. The van der Waals surface area contributed by atoms with E-state index in [2.05, 4.69) is 0 Å². The summed E-state index contributed by atoms with van der Waals surface area (Å²) in [6.45, 7) is 0. The third-order valence-corrected chi connectivity index (χ3v) is 0. The third-order valence-electron chi connectivity index (χ3n) is 0. The molecule has 124 valence electrons. The predicted octanol–water partition coefficient (Wildman–Crippen LogP) is -1.44. The van der Waals surface area contributed by atoms with Crippen molar-refractivity contribution in [2.24, 2.45) is 0 Å². The largest absolute Gasteiger partial charge is 3.00 e. The summed E-state index contributed by atoms with van der Waals surface area (Å²) in [5, 5.41) is 0. The smallest absolute Gasteiger partial charge is 2.00 e. The molecule has 0 spiro atoms. The van der Waals surface area contributed by atoms with E-state index in [0.29, 0.717) is 0 Å². The van der Waals surface area contributed by atoms with Gasteiger partial charge < -0.3 is 65.7 Å². The first-order valence-corrected chi connectivity index (χ1v) is 0. The van der Waals surface area contributed by atoms with Crippen molar-refractivity contribution in [1.29, 1.82) is 0 Å². The van der Waals surface area contributed by atoms with Crippen LogP contribution in [-0.2, 0) is 163 Å². The zero-order chi connectivity index (χ0) is 0. The third kappa shape index (κ3) is 748. The minimum atomic E-state index is 0. The van der Waals surface area contributed by atoms with E-state index in [0.717, 1.165) is 0 Å². The van der Waals surface area contributed by atoms with Gasteiger partial charge in [-0.15, -0.1) is 0 Å². The van der Waals surface area contributed by atoms with Gasteiger partial charge in [0.15, 0.2) is 0 Å². The summed E-state index contributed by atoms with van der Waals surface area (Å²) >= 11 is 0. The molecule has 0 heterocycles. The van der Waals surface area contributed by atoms with Crippen LogP contribution in [0.15, 0.2) is 0 Å². The second kappa shape index (κ2) is 840. The molecule has 0 aliphatic heterocycles. The molecule has 0 aromatic carbocycles. The second-order valence-corrected chi connectivity index (χ2v) is 0. The molecule has 0 aromatic rings. The molecule has 2 radical (unpaired) electrons. The summed E-state index contributed by atoms with van der Waals surface area (Å²) in [6, 6.07) is 0. The number of hydrogen-bond donors (Lipinski definition) is 0. The maximum absolute atomic E-state index is 0. The van der Waals surface area contributed by atoms with Crippen LogP contribution in [0, 0.1) is 0 Å². The van der Waals surface area contributed by atoms with Gasteiger partial charge in [0, 0.05) is 63.2 Å². The van der Waals surface area contributed by atoms with Crippen molar-refractivity contribution in [2.75, 3.05) is 0 Å². The van der Waals surface area contributed by atoms with Gasteiger partial charge in [0.05, 0.1) is 0 Å². The van der Waals surface area contributed by atoms with Crippen LogP contribution in [0.25, 0.3) is 0 Å². The molecule has 0 bridgehead atoms. The monoisotopic (exact) mass is 598 g/mol. The summed E-state index contributed by atoms with van der Waals surface area (Å²) < 4.78 is 0. The molecule has 0 N–H and O–H groups in total. The fourth-order valence-electron chi connectivity index (χ4n) is 0. The summed E-state index contributed by atoms with van der Waals surface area (Å²) in [5.74, 6) is 0. The molecule has 0 saturated heterocycles. The number of hydrogen-bond acceptors (Lipinski definition) is 0. The van der Waals surface area contributed by atoms with E-state index < -0.39 is 0 Å². The summed E-state index contributed by atoms with van der Waals surface area (Å²) in [7, 11) is 0. The van der Waals surface area contributed by atoms with Crippen molar-refractivity contribution >= 4 is 0 Å². The minimum absolute atomic E-state index is 0. The Labute approximate surface area is 161 Å². The zero-order valence-corrected chi connectivity index (χ0v) is 15.1. The second-order valence-electron chi connectivity index (χ2n) is 0. The molecule has 0 unspecified atom stereocenters. The average molecular weight is 591 g/mol. The van der Waals surface area contributed by atoms with Gasteiger partial charge in [0.1, 0.15) is 0 Å². The van der Waals surface area contributed by atoms with E-state index >= 15 is 0 Å². The minimum Gasteiger partial charge on any atom is -2.00 e. The Kier molecular flexibility index (Phi) is 48900. The van der Waals surface area contributed by atoms with E-state index in [4.69, 9.17) is 0 Å². The quantitative estimate of drug-likeness (QED) is 0.292. The van der Waals surface area contributed by atoms with Crippen LogP contribution >= 0.6 is 0 Å². The van der Waals surface area contributed by atoms with Crippen molar-refractivity contribution < 1.29 is 163 Å². The molecule has 0 rings (SSSR count). The van der Waals surface area contributed by atoms with Gasteiger partial charge in [-0.05, 0) is 0 Å². The van der Waals surface area contributed by atoms with Crippen molar-refractivity contribution in [3.05, 3.63) is 0 Å². The van der Waals surface area contributed by atoms with Gasteiger partial charge in [-0.2, -0.15) is 0 Å². The normalized spacial score (nSPS) is 0. The first-order chi connectivity index (χ1) is 0. The maximum atomic E-state index is 0. The molecule has 0 aliphatic rings. The molecular formula is Fe2Mo3O12-18. The van der Waals surface area contributed by atoms with Crippen LogP contribution in [0.4, 0.5) is 0 Å². The predicted molar refractivity (Wildman–Crippen MR) is 8.24 cm³/mol. The Bertz CT molecular complexity index is 19.7. The fraction of sp³-hybridized carbons (Fsp3) is 0. The standard InChI is InChI=1S/2Fe.3Mo.12O/q2*+3;;;;12*-2. The molecule has 0 saturated carbocycles. The van der Waals surface area contributed by atoms with Crippen molar-refractivity contribution in [3.63, 3.8) is 0 Å². The Morgan fingerprint density at radius 1 is 0.176 bits per heavy atom. The molecule has 0 fully saturated rings. The Balaban J connectivity index is 0. The van der Waals surface area contributed by atoms with Gasteiger partial charge in [0.2, 0.25) is 0 Å². The zero-order valence-electron chi connectivity index (χ0n) is 6.83. The summed E-state index contributed by atoms with van der Waals surface area (Å²) in [6.07, 6.45) is 0. The maximum Gasteiger partial charge on any atom is 3.00 e. The van der Waals surface area contributed by atoms with Crippen LogP contribution in [0.2, 0.25) is 0 Å². The van der Waals surface area contributed by atoms with E-state index in [1.807, 2.05) is 0 Å². The van der Waals surface area contributed by atoms with E-state index in [-0.39, 0.29) is 163 Å². The van der Waals surface area contributed by atoms with Crippen LogP contribution < -0.4 is 0 Å². The molecule has 17 heavy (non-hydrogen) atoms. The van der Waals surface area contributed by atoms with Crippen molar-refractivity contribution in [3.8, 4) is 0 Å². The number of rotatable bonds is 0.